The van der Waals surface area contributed by atoms with Gasteiger partial charge >= 0.3 is 5.97 Å². The van der Waals surface area contributed by atoms with Gasteiger partial charge in [-0.3, -0.25) is 20.2 Å². The Hall–Kier alpha value is -3.62. The van der Waals surface area contributed by atoms with Crippen molar-refractivity contribution < 1.29 is 19.5 Å². The van der Waals surface area contributed by atoms with Crippen molar-refractivity contribution >= 4 is 23.1 Å². The Kier molecular flexibility index (Phi) is 5.74. The summed E-state index contributed by atoms with van der Waals surface area (Å²) in [6.45, 7) is 3.31. The maximum absolute atomic E-state index is 11.2. The first-order valence-electron chi connectivity index (χ1n) is 7.61. The SMILES string of the molecule is CCC(=O)O/N=C(\C)c1ccc(-c2ccc([N+](=O)[O-])cc2[N+](=O)[O-])cc1. The average molecular weight is 357 g/mol. The smallest absolute Gasteiger partial charge is 0.318 e. The first kappa shape index (κ1) is 18.7. The van der Waals surface area contributed by atoms with Crippen molar-refractivity contribution in [3.63, 3.8) is 0 Å². The summed E-state index contributed by atoms with van der Waals surface area (Å²) >= 11 is 0. The molecule has 0 unspecified atom stereocenters. The van der Waals surface area contributed by atoms with Gasteiger partial charge in [0.1, 0.15) is 0 Å². The van der Waals surface area contributed by atoms with Crippen LogP contribution in [0.5, 0.6) is 0 Å². The van der Waals surface area contributed by atoms with Crippen LogP contribution >= 0.6 is 0 Å². The highest BCUT2D eigenvalue weighted by Gasteiger charge is 2.20. The summed E-state index contributed by atoms with van der Waals surface area (Å²) in [6, 6.07) is 10.1. The predicted octanol–water partition coefficient (Wildman–Crippen LogP) is 3.85. The summed E-state index contributed by atoms with van der Waals surface area (Å²) in [6.07, 6.45) is 0.208. The number of hydrogen-bond acceptors (Lipinski definition) is 7. The van der Waals surface area contributed by atoms with E-state index in [0.29, 0.717) is 16.8 Å². The molecule has 0 bridgehead atoms. The van der Waals surface area contributed by atoms with Gasteiger partial charge in [-0.2, -0.15) is 0 Å². The highest BCUT2D eigenvalue weighted by atomic mass is 16.7. The van der Waals surface area contributed by atoms with E-state index < -0.39 is 15.8 Å². The fourth-order valence-electron chi connectivity index (χ4n) is 2.16. The van der Waals surface area contributed by atoms with Crippen LogP contribution in [0.4, 0.5) is 11.4 Å². The lowest BCUT2D eigenvalue weighted by molar-refractivity contribution is -0.393. The molecule has 26 heavy (non-hydrogen) atoms. The summed E-state index contributed by atoms with van der Waals surface area (Å²) in [5.41, 5.74) is 1.22. The maximum atomic E-state index is 11.2. The summed E-state index contributed by atoms with van der Waals surface area (Å²) in [4.78, 5) is 36.5. The van der Waals surface area contributed by atoms with Crippen LogP contribution in [0.1, 0.15) is 25.8 Å². The van der Waals surface area contributed by atoms with Crippen LogP contribution in [0.3, 0.4) is 0 Å². The number of nitro benzene ring substituents is 2. The normalized spacial score (nSPS) is 11.1. The molecule has 0 aliphatic rings. The van der Waals surface area contributed by atoms with Crippen molar-refractivity contribution in [1.29, 1.82) is 0 Å². The minimum absolute atomic E-state index is 0.208. The molecule has 2 rings (SSSR count). The van der Waals surface area contributed by atoms with E-state index in [-0.39, 0.29) is 23.4 Å². The molecule has 9 nitrogen and oxygen atoms in total. The number of oxime groups is 1. The minimum atomic E-state index is -0.683. The number of benzene rings is 2. The molecule has 0 saturated heterocycles. The number of carbonyl (C=O) groups excluding carboxylic acids is 1. The monoisotopic (exact) mass is 357 g/mol. The summed E-state index contributed by atoms with van der Waals surface area (Å²) < 4.78 is 0. The molecule has 0 radical (unpaired) electrons. The highest BCUT2D eigenvalue weighted by Crippen LogP contribution is 2.33. The average Bonchev–Trinajstić information content (AvgIpc) is 2.65. The minimum Gasteiger partial charge on any atom is -0.318 e. The lowest BCUT2D eigenvalue weighted by Gasteiger charge is -2.05. The van der Waals surface area contributed by atoms with Crippen molar-refractivity contribution in [2.24, 2.45) is 5.16 Å². The molecular formula is C17H15N3O6. The molecule has 0 aliphatic heterocycles. The number of carbonyl (C=O) groups is 1. The highest BCUT2D eigenvalue weighted by molar-refractivity contribution is 5.99. The topological polar surface area (TPSA) is 125 Å². The number of nitrogens with zero attached hydrogens (tertiary/aromatic N) is 3. The largest absolute Gasteiger partial charge is 0.334 e. The number of rotatable bonds is 6. The van der Waals surface area contributed by atoms with Gasteiger partial charge in [-0.25, -0.2) is 4.79 Å². The molecule has 0 fully saturated rings. The lowest BCUT2D eigenvalue weighted by Crippen LogP contribution is -2.01. The molecule has 0 amide bonds. The second kappa shape index (κ2) is 7.97. The van der Waals surface area contributed by atoms with Gasteiger partial charge in [0.25, 0.3) is 11.4 Å². The van der Waals surface area contributed by atoms with Crippen LogP contribution in [0.2, 0.25) is 0 Å². The molecule has 9 heteroatoms. The number of non-ortho nitro benzene ring substituents is 1. The van der Waals surface area contributed by atoms with E-state index in [4.69, 9.17) is 4.84 Å². The van der Waals surface area contributed by atoms with E-state index in [2.05, 4.69) is 5.16 Å². The van der Waals surface area contributed by atoms with Gasteiger partial charge in [-0.1, -0.05) is 36.3 Å². The zero-order valence-corrected chi connectivity index (χ0v) is 14.0. The van der Waals surface area contributed by atoms with Crippen LogP contribution in [-0.4, -0.2) is 21.5 Å². The third kappa shape index (κ3) is 4.26. The summed E-state index contributed by atoms with van der Waals surface area (Å²) in [5, 5.41) is 25.8. The Labute approximate surface area is 148 Å². The maximum Gasteiger partial charge on any atom is 0.334 e. The molecule has 0 atom stereocenters. The molecule has 0 spiro atoms. The van der Waals surface area contributed by atoms with Gasteiger partial charge in [-0.05, 0) is 24.1 Å². The van der Waals surface area contributed by atoms with Gasteiger partial charge in [0, 0.05) is 12.5 Å². The lowest BCUT2D eigenvalue weighted by atomic mass is 10.0. The van der Waals surface area contributed by atoms with E-state index >= 15 is 0 Å². The van der Waals surface area contributed by atoms with Gasteiger partial charge in [0.2, 0.25) is 0 Å². The second-order valence-corrected chi connectivity index (χ2v) is 5.29. The van der Waals surface area contributed by atoms with Crippen molar-refractivity contribution in [3.05, 3.63) is 68.3 Å². The van der Waals surface area contributed by atoms with Crippen molar-refractivity contribution in [2.75, 3.05) is 0 Å². The van der Waals surface area contributed by atoms with Gasteiger partial charge < -0.3 is 4.84 Å². The van der Waals surface area contributed by atoms with E-state index in [1.165, 1.54) is 12.1 Å². The van der Waals surface area contributed by atoms with E-state index in [1.54, 1.807) is 38.1 Å². The molecule has 0 N–H and O–H groups in total. The van der Waals surface area contributed by atoms with Gasteiger partial charge in [0.15, 0.2) is 0 Å². The Morgan fingerprint density at radius 3 is 2.27 bits per heavy atom. The molecule has 2 aromatic carbocycles. The van der Waals surface area contributed by atoms with Crippen LogP contribution in [0.15, 0.2) is 47.6 Å². The zero-order chi connectivity index (χ0) is 19.3. The Morgan fingerprint density at radius 1 is 1.08 bits per heavy atom. The zero-order valence-electron chi connectivity index (χ0n) is 14.0. The van der Waals surface area contributed by atoms with Crippen LogP contribution in [0.25, 0.3) is 11.1 Å². The quantitative estimate of drug-likeness (QED) is 0.334. The third-order valence-corrected chi connectivity index (χ3v) is 3.58. The Balaban J connectivity index is 2.35. The molecule has 0 aromatic heterocycles. The van der Waals surface area contributed by atoms with E-state index in [1.807, 2.05) is 0 Å². The summed E-state index contributed by atoms with van der Waals surface area (Å²) in [7, 11) is 0. The third-order valence-electron chi connectivity index (χ3n) is 3.58. The molecule has 0 saturated carbocycles. The number of nitro groups is 2. The molecule has 0 heterocycles. The van der Waals surface area contributed by atoms with Crippen LogP contribution in [-0.2, 0) is 9.63 Å². The van der Waals surface area contributed by atoms with E-state index in [9.17, 15) is 25.0 Å². The predicted molar refractivity (Wildman–Crippen MR) is 93.8 cm³/mol. The fraction of sp³-hybridized carbons (Fsp3) is 0.176. The Bertz CT molecular complexity index is 890. The standard InChI is InChI=1S/C17H15N3O6/c1-3-17(21)26-18-11(2)12-4-6-13(7-5-12)15-9-8-14(19(22)23)10-16(15)20(24)25/h4-10H,3H2,1-2H3/b18-11+. The first-order chi connectivity index (χ1) is 12.3. The van der Waals surface area contributed by atoms with Crippen molar-refractivity contribution in [2.45, 2.75) is 20.3 Å². The molecular weight excluding hydrogens is 342 g/mol. The Morgan fingerprint density at radius 2 is 1.73 bits per heavy atom. The van der Waals surface area contributed by atoms with Gasteiger partial charge in [-0.15, -0.1) is 0 Å². The molecule has 134 valence electrons. The van der Waals surface area contributed by atoms with Gasteiger partial charge in [0.05, 0.1) is 27.2 Å². The van der Waals surface area contributed by atoms with Crippen molar-refractivity contribution in [3.8, 4) is 11.1 Å². The first-order valence-corrected chi connectivity index (χ1v) is 7.61. The fourth-order valence-corrected chi connectivity index (χ4v) is 2.16. The van der Waals surface area contributed by atoms with Crippen LogP contribution in [0, 0.1) is 20.2 Å². The van der Waals surface area contributed by atoms with E-state index in [0.717, 1.165) is 6.07 Å². The van der Waals surface area contributed by atoms with Crippen molar-refractivity contribution in [1.82, 2.24) is 0 Å². The summed E-state index contributed by atoms with van der Waals surface area (Å²) in [5.74, 6) is -0.456. The van der Waals surface area contributed by atoms with Crippen LogP contribution < -0.4 is 0 Å². The molecule has 0 aliphatic carbocycles. The molecule has 2 aromatic rings. The second-order valence-electron chi connectivity index (χ2n) is 5.29. The number of hydrogen-bond donors (Lipinski definition) is 0.